The number of hydrogen-bond donors (Lipinski definition) is 0. The summed E-state index contributed by atoms with van der Waals surface area (Å²) in [7, 11) is 0. The Bertz CT molecular complexity index is 450. The van der Waals surface area contributed by atoms with Gasteiger partial charge in [-0.15, -0.1) is 5.10 Å². The fraction of sp³-hybridized carbons (Fsp3) is 0.800. The van der Waals surface area contributed by atoms with Crippen LogP contribution in [0.4, 0.5) is 0 Å². The first-order valence-corrected chi connectivity index (χ1v) is 7.14. The summed E-state index contributed by atoms with van der Waals surface area (Å²) in [4.78, 5) is 11.4. The molecule has 0 aliphatic carbocycles. The summed E-state index contributed by atoms with van der Waals surface area (Å²) < 4.78 is 7.61. The zero-order chi connectivity index (χ0) is 15.4. The van der Waals surface area contributed by atoms with Crippen LogP contribution >= 0.6 is 0 Å². The zero-order valence-corrected chi connectivity index (χ0v) is 13.6. The predicted octanol–water partition coefficient (Wildman–Crippen LogP) is 2.50. The number of carbonyl (C=O) groups is 1. The largest absolute Gasteiger partial charge is 0.380 e. The molecule has 20 heavy (non-hydrogen) atoms. The SMILES string of the molecule is CCc1cn(CC(C)(C)COCC(C)(C)C(C)=O)nn1. The number of aromatic nitrogens is 3. The number of nitrogens with zero attached hydrogens (tertiary/aromatic N) is 3. The molecule has 1 rings (SSSR count). The van der Waals surface area contributed by atoms with E-state index in [1.807, 2.05) is 24.7 Å². The van der Waals surface area contributed by atoms with Crippen LogP contribution in [0.2, 0.25) is 0 Å². The summed E-state index contributed by atoms with van der Waals surface area (Å²) in [6.07, 6.45) is 2.87. The fourth-order valence-corrected chi connectivity index (χ4v) is 1.75. The van der Waals surface area contributed by atoms with Crippen LogP contribution in [-0.2, 0) is 22.5 Å². The molecule has 0 atom stereocenters. The molecular formula is C15H27N3O2. The molecule has 0 aromatic carbocycles. The average Bonchev–Trinajstić information content (AvgIpc) is 2.75. The minimum Gasteiger partial charge on any atom is -0.380 e. The second kappa shape index (κ2) is 6.48. The van der Waals surface area contributed by atoms with E-state index in [0.717, 1.165) is 18.7 Å². The molecule has 1 heterocycles. The molecule has 114 valence electrons. The van der Waals surface area contributed by atoms with E-state index in [9.17, 15) is 4.79 Å². The molecule has 0 saturated heterocycles. The first-order valence-electron chi connectivity index (χ1n) is 7.14. The predicted molar refractivity (Wildman–Crippen MR) is 78.5 cm³/mol. The second-order valence-electron chi connectivity index (χ2n) is 6.86. The molecule has 0 radical (unpaired) electrons. The van der Waals surface area contributed by atoms with E-state index >= 15 is 0 Å². The van der Waals surface area contributed by atoms with E-state index in [2.05, 4.69) is 31.1 Å². The third-order valence-corrected chi connectivity index (χ3v) is 3.45. The molecule has 0 spiro atoms. The van der Waals surface area contributed by atoms with Gasteiger partial charge in [0.05, 0.1) is 18.9 Å². The molecule has 0 amide bonds. The minimum atomic E-state index is -0.418. The number of hydrogen-bond acceptors (Lipinski definition) is 4. The van der Waals surface area contributed by atoms with Crippen molar-refractivity contribution in [1.82, 2.24) is 15.0 Å². The Morgan fingerprint density at radius 2 is 1.95 bits per heavy atom. The van der Waals surface area contributed by atoms with Gasteiger partial charge in [-0.2, -0.15) is 0 Å². The highest BCUT2D eigenvalue weighted by molar-refractivity contribution is 5.81. The van der Waals surface area contributed by atoms with E-state index in [4.69, 9.17) is 4.74 Å². The smallest absolute Gasteiger partial charge is 0.137 e. The van der Waals surface area contributed by atoms with E-state index in [0.29, 0.717) is 13.2 Å². The van der Waals surface area contributed by atoms with Gasteiger partial charge in [0.2, 0.25) is 0 Å². The number of carbonyl (C=O) groups excluding carboxylic acids is 1. The van der Waals surface area contributed by atoms with Gasteiger partial charge >= 0.3 is 0 Å². The molecule has 5 heteroatoms. The maximum atomic E-state index is 11.4. The van der Waals surface area contributed by atoms with Gasteiger partial charge in [0.25, 0.3) is 0 Å². The second-order valence-corrected chi connectivity index (χ2v) is 6.86. The number of ketones is 1. The molecular weight excluding hydrogens is 254 g/mol. The van der Waals surface area contributed by atoms with Crippen LogP contribution in [-0.4, -0.2) is 34.0 Å². The van der Waals surface area contributed by atoms with Gasteiger partial charge in [-0.25, -0.2) is 0 Å². The Labute approximate surface area is 121 Å². The monoisotopic (exact) mass is 281 g/mol. The summed E-state index contributed by atoms with van der Waals surface area (Å²) in [5.41, 5.74) is 0.532. The van der Waals surface area contributed by atoms with Crippen molar-refractivity contribution in [2.24, 2.45) is 10.8 Å². The highest BCUT2D eigenvalue weighted by Gasteiger charge is 2.26. The Morgan fingerprint density at radius 1 is 1.30 bits per heavy atom. The lowest BCUT2D eigenvalue weighted by Gasteiger charge is -2.27. The molecule has 0 fully saturated rings. The van der Waals surface area contributed by atoms with Gasteiger partial charge in [-0.1, -0.05) is 39.8 Å². The van der Waals surface area contributed by atoms with Crippen molar-refractivity contribution in [1.29, 1.82) is 0 Å². The van der Waals surface area contributed by atoms with Gasteiger partial charge in [0.1, 0.15) is 5.78 Å². The molecule has 0 saturated carbocycles. The molecule has 0 bridgehead atoms. The normalized spacial score (nSPS) is 12.7. The van der Waals surface area contributed by atoms with Crippen molar-refractivity contribution < 1.29 is 9.53 Å². The van der Waals surface area contributed by atoms with Crippen molar-refractivity contribution >= 4 is 5.78 Å². The highest BCUT2D eigenvalue weighted by atomic mass is 16.5. The first-order chi connectivity index (χ1) is 9.16. The third kappa shape index (κ3) is 5.04. The summed E-state index contributed by atoms with van der Waals surface area (Å²) in [6.45, 7) is 13.5. The van der Waals surface area contributed by atoms with E-state index in [1.54, 1.807) is 6.92 Å². The molecule has 0 unspecified atom stereocenters. The van der Waals surface area contributed by atoms with Crippen LogP contribution in [0.25, 0.3) is 0 Å². The Balaban J connectivity index is 2.47. The molecule has 0 aliphatic heterocycles. The van der Waals surface area contributed by atoms with Crippen molar-refractivity contribution in [3.8, 4) is 0 Å². The lowest BCUT2D eigenvalue weighted by Crippen LogP contribution is -2.32. The summed E-state index contributed by atoms with van der Waals surface area (Å²) >= 11 is 0. The van der Waals surface area contributed by atoms with Crippen molar-refractivity contribution in [2.75, 3.05) is 13.2 Å². The minimum absolute atomic E-state index is 0.0500. The van der Waals surface area contributed by atoms with Crippen LogP contribution in [0.5, 0.6) is 0 Å². The van der Waals surface area contributed by atoms with E-state index < -0.39 is 5.41 Å². The van der Waals surface area contributed by atoms with Gasteiger partial charge in [0, 0.05) is 23.6 Å². The number of rotatable bonds is 8. The van der Waals surface area contributed by atoms with Crippen molar-refractivity contribution in [2.45, 2.75) is 54.5 Å². The average molecular weight is 281 g/mol. The molecule has 1 aromatic rings. The van der Waals surface area contributed by atoms with Gasteiger partial charge in [0.15, 0.2) is 0 Å². The van der Waals surface area contributed by atoms with Gasteiger partial charge in [-0.05, 0) is 13.3 Å². The fourth-order valence-electron chi connectivity index (χ4n) is 1.75. The molecule has 5 nitrogen and oxygen atoms in total. The highest BCUT2D eigenvalue weighted by Crippen LogP contribution is 2.22. The number of aryl methyl sites for hydroxylation is 1. The first kappa shape index (κ1) is 16.8. The summed E-state index contributed by atoms with van der Waals surface area (Å²) in [5.74, 6) is 0.152. The standard InChI is InChI=1S/C15H27N3O2/c1-7-13-8-18(17-16-13)9-14(3,4)10-20-11-15(5,6)12(2)19/h8H,7,9-11H2,1-6H3. The van der Waals surface area contributed by atoms with Crippen molar-refractivity contribution in [3.05, 3.63) is 11.9 Å². The Morgan fingerprint density at radius 3 is 2.45 bits per heavy atom. The third-order valence-electron chi connectivity index (χ3n) is 3.45. The van der Waals surface area contributed by atoms with Gasteiger partial charge < -0.3 is 4.74 Å². The number of Topliss-reactive ketones (excluding diaryl/α,β-unsaturated/α-hetero) is 1. The van der Waals surface area contributed by atoms with Crippen LogP contribution < -0.4 is 0 Å². The van der Waals surface area contributed by atoms with E-state index in [-0.39, 0.29) is 11.2 Å². The lowest BCUT2D eigenvalue weighted by molar-refractivity contribution is -0.128. The Kier molecular flexibility index (Phi) is 5.45. The van der Waals surface area contributed by atoms with E-state index in [1.165, 1.54) is 0 Å². The topological polar surface area (TPSA) is 57.0 Å². The summed E-state index contributed by atoms with van der Waals surface area (Å²) in [5, 5.41) is 8.20. The Hall–Kier alpha value is -1.23. The van der Waals surface area contributed by atoms with Crippen LogP contribution in [0.3, 0.4) is 0 Å². The lowest BCUT2D eigenvalue weighted by atomic mass is 9.90. The van der Waals surface area contributed by atoms with Crippen LogP contribution in [0.1, 0.15) is 47.2 Å². The number of ether oxygens (including phenoxy) is 1. The molecule has 0 N–H and O–H groups in total. The maximum absolute atomic E-state index is 11.4. The zero-order valence-electron chi connectivity index (χ0n) is 13.6. The van der Waals surface area contributed by atoms with Crippen molar-refractivity contribution in [3.63, 3.8) is 0 Å². The van der Waals surface area contributed by atoms with Gasteiger partial charge in [-0.3, -0.25) is 9.48 Å². The maximum Gasteiger partial charge on any atom is 0.137 e. The quantitative estimate of drug-likeness (QED) is 0.734. The summed E-state index contributed by atoms with van der Waals surface area (Å²) in [6, 6.07) is 0. The van der Waals surface area contributed by atoms with Crippen LogP contribution in [0.15, 0.2) is 6.20 Å². The molecule has 1 aromatic heterocycles. The van der Waals surface area contributed by atoms with Crippen LogP contribution in [0, 0.1) is 10.8 Å². The molecule has 0 aliphatic rings.